The Morgan fingerprint density at radius 1 is 1.11 bits per heavy atom. The molecule has 1 aromatic heterocycles. The van der Waals surface area contributed by atoms with Gasteiger partial charge in [0.05, 0.1) is 6.26 Å². The van der Waals surface area contributed by atoms with Gasteiger partial charge < -0.3 is 14.5 Å². The fourth-order valence-corrected chi connectivity index (χ4v) is 1.68. The molecule has 0 bridgehead atoms. The topological polar surface area (TPSA) is 51.5 Å². The minimum absolute atomic E-state index is 0.240. The number of esters is 1. The van der Waals surface area contributed by atoms with Crippen molar-refractivity contribution in [2.24, 2.45) is 0 Å². The Balaban J connectivity index is 1.54. The largest absolute Gasteiger partial charge is 0.458 e. The van der Waals surface area contributed by atoms with Crippen LogP contribution in [0.5, 0.6) is 0 Å². The Morgan fingerprint density at radius 2 is 1.95 bits per heavy atom. The van der Waals surface area contributed by atoms with Crippen LogP contribution in [0.4, 0.5) is 0 Å². The molecule has 0 saturated carbocycles. The van der Waals surface area contributed by atoms with E-state index in [0.29, 0.717) is 13.2 Å². The van der Waals surface area contributed by atoms with Crippen molar-refractivity contribution in [2.45, 2.75) is 6.42 Å². The lowest BCUT2D eigenvalue weighted by Crippen LogP contribution is -2.23. The van der Waals surface area contributed by atoms with Gasteiger partial charge in [0.15, 0.2) is 0 Å². The molecule has 1 heterocycles. The van der Waals surface area contributed by atoms with Crippen molar-refractivity contribution in [1.29, 1.82) is 0 Å². The molecule has 1 aromatic carbocycles. The lowest BCUT2D eigenvalue weighted by atomic mass is 10.1. The summed E-state index contributed by atoms with van der Waals surface area (Å²) in [6.45, 7) is 1.84. The van der Waals surface area contributed by atoms with Crippen molar-refractivity contribution >= 4 is 5.97 Å². The number of benzene rings is 1. The van der Waals surface area contributed by atoms with E-state index in [2.05, 4.69) is 17.4 Å². The Labute approximate surface area is 112 Å². The summed E-state index contributed by atoms with van der Waals surface area (Å²) in [4.78, 5) is 11.4. The Morgan fingerprint density at radius 3 is 2.68 bits per heavy atom. The van der Waals surface area contributed by atoms with Crippen LogP contribution in [0.1, 0.15) is 16.1 Å². The molecular weight excluding hydrogens is 242 g/mol. The number of carbonyl (C=O) groups is 1. The van der Waals surface area contributed by atoms with E-state index < -0.39 is 5.97 Å². The van der Waals surface area contributed by atoms with E-state index >= 15 is 0 Å². The van der Waals surface area contributed by atoms with Crippen LogP contribution < -0.4 is 5.32 Å². The van der Waals surface area contributed by atoms with Gasteiger partial charge in [-0.25, -0.2) is 4.79 Å². The summed E-state index contributed by atoms with van der Waals surface area (Å²) in [5.74, 6) is -0.181. The molecule has 0 unspecified atom stereocenters. The van der Waals surface area contributed by atoms with E-state index in [-0.39, 0.29) is 5.76 Å². The summed E-state index contributed by atoms with van der Waals surface area (Å²) in [6.07, 6.45) is 2.42. The average Bonchev–Trinajstić information content (AvgIpc) is 2.98. The van der Waals surface area contributed by atoms with E-state index in [1.54, 1.807) is 12.1 Å². The predicted molar refractivity (Wildman–Crippen MR) is 72.0 cm³/mol. The van der Waals surface area contributed by atoms with Gasteiger partial charge in [0.2, 0.25) is 5.76 Å². The summed E-state index contributed by atoms with van der Waals surface area (Å²) in [5, 5.41) is 3.23. The monoisotopic (exact) mass is 259 g/mol. The first kappa shape index (κ1) is 13.4. The lowest BCUT2D eigenvalue weighted by molar-refractivity contribution is 0.0472. The van der Waals surface area contributed by atoms with Crippen molar-refractivity contribution in [3.8, 4) is 0 Å². The van der Waals surface area contributed by atoms with E-state index in [9.17, 15) is 4.79 Å². The summed E-state index contributed by atoms with van der Waals surface area (Å²) < 4.78 is 9.98. The van der Waals surface area contributed by atoms with Gasteiger partial charge in [0.25, 0.3) is 0 Å². The molecule has 0 atom stereocenters. The van der Waals surface area contributed by atoms with Crippen LogP contribution in [0, 0.1) is 0 Å². The smallest absolute Gasteiger partial charge is 0.374 e. The third kappa shape index (κ3) is 4.60. The molecule has 0 radical (unpaired) electrons. The average molecular weight is 259 g/mol. The molecule has 0 aliphatic rings. The van der Waals surface area contributed by atoms with Crippen LogP contribution >= 0.6 is 0 Å². The number of nitrogens with one attached hydrogen (secondary N) is 1. The molecule has 0 aliphatic heterocycles. The van der Waals surface area contributed by atoms with Crippen LogP contribution in [0.2, 0.25) is 0 Å². The minimum atomic E-state index is -0.421. The summed E-state index contributed by atoms with van der Waals surface area (Å²) in [6, 6.07) is 13.5. The van der Waals surface area contributed by atoms with Gasteiger partial charge >= 0.3 is 5.97 Å². The highest BCUT2D eigenvalue weighted by Gasteiger charge is 2.08. The van der Waals surface area contributed by atoms with E-state index in [1.165, 1.54) is 11.8 Å². The molecule has 0 spiro atoms. The van der Waals surface area contributed by atoms with E-state index in [4.69, 9.17) is 9.15 Å². The minimum Gasteiger partial charge on any atom is -0.458 e. The van der Waals surface area contributed by atoms with Crippen molar-refractivity contribution in [2.75, 3.05) is 19.7 Å². The highest BCUT2D eigenvalue weighted by molar-refractivity contribution is 5.86. The fraction of sp³-hybridized carbons (Fsp3) is 0.267. The third-order valence-electron chi connectivity index (χ3n) is 2.67. The molecule has 0 aliphatic carbocycles. The van der Waals surface area contributed by atoms with E-state index in [1.807, 2.05) is 18.2 Å². The van der Waals surface area contributed by atoms with Crippen LogP contribution in [0.25, 0.3) is 0 Å². The Kier molecular flexibility index (Phi) is 5.19. The second-order valence-corrected chi connectivity index (χ2v) is 4.10. The van der Waals surface area contributed by atoms with E-state index in [0.717, 1.165) is 13.0 Å². The number of ether oxygens (including phenoxy) is 1. The molecule has 19 heavy (non-hydrogen) atoms. The first-order valence-electron chi connectivity index (χ1n) is 6.31. The van der Waals surface area contributed by atoms with Crippen LogP contribution in [-0.4, -0.2) is 25.7 Å². The Hall–Kier alpha value is -2.07. The molecule has 0 fully saturated rings. The molecule has 2 aromatic rings. The normalized spacial score (nSPS) is 10.3. The van der Waals surface area contributed by atoms with Gasteiger partial charge in [0.1, 0.15) is 6.61 Å². The van der Waals surface area contributed by atoms with Gasteiger partial charge in [-0.1, -0.05) is 30.3 Å². The van der Waals surface area contributed by atoms with Gasteiger partial charge in [-0.15, -0.1) is 0 Å². The Bertz CT molecular complexity index is 479. The number of hydrogen-bond donors (Lipinski definition) is 1. The number of furan rings is 1. The second kappa shape index (κ2) is 7.38. The van der Waals surface area contributed by atoms with Crippen molar-refractivity contribution in [1.82, 2.24) is 5.32 Å². The predicted octanol–water partition coefficient (Wildman–Crippen LogP) is 2.27. The molecule has 4 heteroatoms. The zero-order valence-corrected chi connectivity index (χ0v) is 10.7. The maximum atomic E-state index is 11.4. The standard InChI is InChI=1S/C15H17NO3/c17-15(14-7-4-11-18-14)19-12-10-16-9-8-13-5-2-1-3-6-13/h1-7,11,16H,8-10,12H2. The second-order valence-electron chi connectivity index (χ2n) is 4.10. The SMILES string of the molecule is O=C(OCCNCCc1ccccc1)c1ccco1. The number of carbonyl (C=O) groups excluding carboxylic acids is 1. The number of rotatable bonds is 7. The van der Waals surface area contributed by atoms with Crippen molar-refractivity contribution in [3.05, 3.63) is 60.1 Å². The number of hydrogen-bond acceptors (Lipinski definition) is 4. The highest BCUT2D eigenvalue weighted by atomic mass is 16.5. The molecule has 100 valence electrons. The van der Waals surface area contributed by atoms with Crippen molar-refractivity contribution in [3.63, 3.8) is 0 Å². The van der Waals surface area contributed by atoms with Gasteiger partial charge in [-0.05, 0) is 30.7 Å². The molecule has 2 rings (SSSR count). The third-order valence-corrected chi connectivity index (χ3v) is 2.67. The van der Waals surface area contributed by atoms with Crippen LogP contribution in [-0.2, 0) is 11.2 Å². The highest BCUT2D eigenvalue weighted by Crippen LogP contribution is 2.01. The maximum Gasteiger partial charge on any atom is 0.374 e. The van der Waals surface area contributed by atoms with Crippen LogP contribution in [0.15, 0.2) is 53.1 Å². The quantitative estimate of drug-likeness (QED) is 0.612. The first-order valence-corrected chi connectivity index (χ1v) is 6.31. The molecule has 0 saturated heterocycles. The van der Waals surface area contributed by atoms with Crippen molar-refractivity contribution < 1.29 is 13.9 Å². The van der Waals surface area contributed by atoms with Gasteiger partial charge in [0, 0.05) is 6.54 Å². The molecule has 0 amide bonds. The fourth-order valence-electron chi connectivity index (χ4n) is 1.68. The van der Waals surface area contributed by atoms with Gasteiger partial charge in [-0.2, -0.15) is 0 Å². The maximum absolute atomic E-state index is 11.4. The molecule has 4 nitrogen and oxygen atoms in total. The summed E-state index contributed by atoms with van der Waals surface area (Å²) in [5.41, 5.74) is 1.29. The molecule has 1 N–H and O–H groups in total. The lowest BCUT2D eigenvalue weighted by Gasteiger charge is -2.05. The summed E-state index contributed by atoms with van der Waals surface area (Å²) >= 11 is 0. The first-order chi connectivity index (χ1) is 9.36. The zero-order chi connectivity index (χ0) is 13.3. The molecular formula is C15H17NO3. The zero-order valence-electron chi connectivity index (χ0n) is 10.7. The van der Waals surface area contributed by atoms with Gasteiger partial charge in [-0.3, -0.25) is 0 Å². The van der Waals surface area contributed by atoms with Crippen LogP contribution in [0.3, 0.4) is 0 Å². The summed E-state index contributed by atoms with van der Waals surface area (Å²) in [7, 11) is 0.